The molecule has 122 valence electrons. The van der Waals surface area contributed by atoms with E-state index in [0.29, 0.717) is 17.9 Å². The summed E-state index contributed by atoms with van der Waals surface area (Å²) in [5.74, 6) is 0.139. The fourth-order valence-electron chi connectivity index (χ4n) is 2.05. The second-order valence-corrected chi connectivity index (χ2v) is 5.89. The van der Waals surface area contributed by atoms with Crippen LogP contribution >= 0.6 is 23.2 Å². The number of nitrogens with one attached hydrogen (secondary N) is 1. The molecule has 0 fully saturated rings. The van der Waals surface area contributed by atoms with Crippen LogP contribution in [-0.2, 0) is 6.54 Å². The number of aromatic nitrogens is 2. The number of amides is 1. The third-order valence-corrected chi connectivity index (χ3v) is 3.66. The molecule has 0 aliphatic heterocycles. The number of aryl methyl sites for hydroxylation is 1. The van der Waals surface area contributed by atoms with Gasteiger partial charge in [-0.05, 0) is 25.1 Å². The van der Waals surface area contributed by atoms with Crippen molar-refractivity contribution in [3.05, 3.63) is 57.9 Å². The van der Waals surface area contributed by atoms with Crippen molar-refractivity contribution < 1.29 is 9.53 Å². The molecule has 0 aliphatic rings. The van der Waals surface area contributed by atoms with E-state index in [9.17, 15) is 4.79 Å². The first-order valence-corrected chi connectivity index (χ1v) is 7.67. The summed E-state index contributed by atoms with van der Waals surface area (Å²) in [5, 5.41) is 7.53. The van der Waals surface area contributed by atoms with Gasteiger partial charge in [0.15, 0.2) is 5.75 Å². The molecule has 7 heteroatoms. The molecule has 5 nitrogen and oxygen atoms in total. The SMILES string of the molecule is C=CCOc1c(Cl)cc(C(=O)N(C)Cc2cc(C)[nH]n2)cc1Cl. The second-order valence-electron chi connectivity index (χ2n) is 5.07. The Morgan fingerprint density at radius 3 is 2.57 bits per heavy atom. The standard InChI is InChI=1S/C16H17Cl2N3O2/c1-4-5-23-15-13(17)7-11(8-14(15)18)16(22)21(3)9-12-6-10(2)19-20-12/h4,6-8H,1,5,9H2,2-3H3,(H,19,20). The number of hydrogen-bond donors (Lipinski definition) is 1. The molecule has 0 saturated carbocycles. The lowest BCUT2D eigenvalue weighted by Crippen LogP contribution is -2.26. The van der Waals surface area contributed by atoms with Crippen molar-refractivity contribution in [3.63, 3.8) is 0 Å². The van der Waals surface area contributed by atoms with E-state index in [1.54, 1.807) is 30.2 Å². The van der Waals surface area contributed by atoms with Gasteiger partial charge in [-0.15, -0.1) is 0 Å². The highest BCUT2D eigenvalue weighted by Crippen LogP contribution is 2.34. The van der Waals surface area contributed by atoms with Gasteiger partial charge in [0.1, 0.15) is 6.61 Å². The summed E-state index contributed by atoms with van der Waals surface area (Å²) in [6.45, 7) is 6.13. The number of rotatable bonds is 6. The molecule has 1 amide bonds. The zero-order chi connectivity index (χ0) is 17.0. The summed E-state index contributed by atoms with van der Waals surface area (Å²) in [4.78, 5) is 14.0. The van der Waals surface area contributed by atoms with Gasteiger partial charge in [-0.1, -0.05) is 35.9 Å². The van der Waals surface area contributed by atoms with E-state index in [0.717, 1.165) is 11.4 Å². The molecule has 1 aromatic carbocycles. The van der Waals surface area contributed by atoms with Crippen molar-refractivity contribution >= 4 is 29.1 Å². The Morgan fingerprint density at radius 1 is 1.39 bits per heavy atom. The first kappa shape index (κ1) is 17.4. The lowest BCUT2D eigenvalue weighted by molar-refractivity contribution is 0.0783. The molecule has 0 unspecified atom stereocenters. The average molecular weight is 354 g/mol. The van der Waals surface area contributed by atoms with Crippen LogP contribution in [0.2, 0.25) is 10.0 Å². The molecule has 0 aliphatic carbocycles. The summed E-state index contributed by atoms with van der Waals surface area (Å²) in [6.07, 6.45) is 1.59. The van der Waals surface area contributed by atoms with E-state index in [1.807, 2.05) is 13.0 Å². The van der Waals surface area contributed by atoms with Gasteiger partial charge in [-0.2, -0.15) is 5.10 Å². The molecule has 2 aromatic rings. The molecular weight excluding hydrogens is 337 g/mol. The van der Waals surface area contributed by atoms with E-state index in [4.69, 9.17) is 27.9 Å². The first-order valence-electron chi connectivity index (χ1n) is 6.91. The normalized spacial score (nSPS) is 10.4. The molecule has 2 rings (SSSR count). The van der Waals surface area contributed by atoms with Gasteiger partial charge in [0.05, 0.1) is 22.3 Å². The number of benzene rings is 1. The number of ether oxygens (including phenoxy) is 1. The van der Waals surface area contributed by atoms with Gasteiger partial charge >= 0.3 is 0 Å². The van der Waals surface area contributed by atoms with Crippen molar-refractivity contribution in [2.75, 3.05) is 13.7 Å². The predicted octanol–water partition coefficient (Wildman–Crippen LogP) is 3.86. The minimum atomic E-state index is -0.204. The van der Waals surface area contributed by atoms with E-state index in [-0.39, 0.29) is 22.6 Å². The molecule has 0 bridgehead atoms. The molecule has 0 spiro atoms. The highest BCUT2D eigenvalue weighted by atomic mass is 35.5. The fraction of sp³-hybridized carbons (Fsp3) is 0.250. The first-order chi connectivity index (χ1) is 10.9. The van der Waals surface area contributed by atoms with Gasteiger partial charge in [0, 0.05) is 18.3 Å². The quantitative estimate of drug-likeness (QED) is 0.802. The lowest BCUT2D eigenvalue weighted by Gasteiger charge is -2.17. The zero-order valence-electron chi connectivity index (χ0n) is 12.9. The van der Waals surface area contributed by atoms with Crippen molar-refractivity contribution in [3.8, 4) is 5.75 Å². The van der Waals surface area contributed by atoms with Crippen LogP contribution in [-0.4, -0.2) is 34.7 Å². The number of nitrogens with zero attached hydrogens (tertiary/aromatic N) is 2. The van der Waals surface area contributed by atoms with Gasteiger partial charge in [0.25, 0.3) is 5.91 Å². The molecule has 1 aromatic heterocycles. The van der Waals surface area contributed by atoms with Crippen molar-refractivity contribution in [1.82, 2.24) is 15.1 Å². The van der Waals surface area contributed by atoms with Gasteiger partial charge in [-0.3, -0.25) is 9.89 Å². The summed E-state index contributed by atoms with van der Waals surface area (Å²) in [5.41, 5.74) is 2.11. The molecule has 0 radical (unpaired) electrons. The number of halogens is 2. The molecule has 0 atom stereocenters. The van der Waals surface area contributed by atoms with Crippen LogP contribution in [0.5, 0.6) is 5.75 Å². The minimum absolute atomic E-state index is 0.204. The smallest absolute Gasteiger partial charge is 0.254 e. The van der Waals surface area contributed by atoms with Gasteiger partial charge in [0.2, 0.25) is 0 Å². The maximum atomic E-state index is 12.5. The largest absolute Gasteiger partial charge is 0.486 e. The van der Waals surface area contributed by atoms with Gasteiger partial charge < -0.3 is 9.64 Å². The lowest BCUT2D eigenvalue weighted by atomic mass is 10.2. The highest BCUT2D eigenvalue weighted by Gasteiger charge is 2.17. The minimum Gasteiger partial charge on any atom is -0.486 e. The number of aromatic amines is 1. The molecule has 23 heavy (non-hydrogen) atoms. The number of hydrogen-bond acceptors (Lipinski definition) is 3. The number of carbonyl (C=O) groups excluding carboxylic acids is 1. The predicted molar refractivity (Wildman–Crippen MR) is 91.3 cm³/mol. The third kappa shape index (κ3) is 4.27. The number of H-pyrrole nitrogens is 1. The molecule has 1 N–H and O–H groups in total. The summed E-state index contributed by atoms with van der Waals surface area (Å²) in [6, 6.07) is 4.97. The second kappa shape index (κ2) is 7.53. The fourth-order valence-corrected chi connectivity index (χ4v) is 2.65. The Kier molecular flexibility index (Phi) is 5.69. The Labute approximate surface area is 144 Å². The van der Waals surface area contributed by atoms with Crippen molar-refractivity contribution in [1.29, 1.82) is 0 Å². The van der Waals surface area contributed by atoms with Crippen molar-refractivity contribution in [2.45, 2.75) is 13.5 Å². The van der Waals surface area contributed by atoms with Crippen LogP contribution in [0, 0.1) is 6.92 Å². The van der Waals surface area contributed by atoms with Crippen LogP contribution in [0.1, 0.15) is 21.7 Å². The maximum absolute atomic E-state index is 12.5. The third-order valence-electron chi connectivity index (χ3n) is 3.10. The van der Waals surface area contributed by atoms with E-state index in [1.165, 1.54) is 0 Å². The van der Waals surface area contributed by atoms with Crippen molar-refractivity contribution in [2.24, 2.45) is 0 Å². The average Bonchev–Trinajstić information content (AvgIpc) is 2.90. The van der Waals surface area contributed by atoms with E-state index < -0.39 is 0 Å². The summed E-state index contributed by atoms with van der Waals surface area (Å²) in [7, 11) is 1.69. The molecular formula is C16H17Cl2N3O2. The monoisotopic (exact) mass is 353 g/mol. The highest BCUT2D eigenvalue weighted by molar-refractivity contribution is 6.37. The Morgan fingerprint density at radius 2 is 2.04 bits per heavy atom. The Balaban J connectivity index is 2.16. The zero-order valence-corrected chi connectivity index (χ0v) is 14.4. The van der Waals surface area contributed by atoms with Crippen LogP contribution in [0.4, 0.5) is 0 Å². The Hall–Kier alpha value is -1.98. The van der Waals surface area contributed by atoms with Gasteiger partial charge in [-0.25, -0.2) is 0 Å². The van der Waals surface area contributed by atoms with Crippen LogP contribution in [0.15, 0.2) is 30.9 Å². The molecule has 0 saturated heterocycles. The van der Waals surface area contributed by atoms with Crippen LogP contribution < -0.4 is 4.74 Å². The van der Waals surface area contributed by atoms with E-state index in [2.05, 4.69) is 16.8 Å². The summed E-state index contributed by atoms with van der Waals surface area (Å²) < 4.78 is 5.39. The Bertz CT molecular complexity index is 705. The van der Waals surface area contributed by atoms with Crippen LogP contribution in [0.3, 0.4) is 0 Å². The van der Waals surface area contributed by atoms with E-state index >= 15 is 0 Å². The van der Waals surface area contributed by atoms with Crippen LogP contribution in [0.25, 0.3) is 0 Å². The molecule has 1 heterocycles. The topological polar surface area (TPSA) is 58.2 Å². The summed E-state index contributed by atoms with van der Waals surface area (Å²) >= 11 is 12.3. The number of carbonyl (C=O) groups is 1. The maximum Gasteiger partial charge on any atom is 0.254 e.